The molecule has 2 saturated heterocycles. The molecule has 1 aromatic rings. The number of likely N-dealkylation sites (tertiary alicyclic amines) is 2. The lowest BCUT2D eigenvalue weighted by atomic mass is 9.87. The van der Waals surface area contributed by atoms with Crippen LogP contribution >= 0.6 is 11.8 Å². The normalized spacial score (nSPS) is 19.1. The third-order valence-corrected chi connectivity index (χ3v) is 7.19. The Morgan fingerprint density at radius 1 is 0.897 bits per heavy atom. The Morgan fingerprint density at radius 3 is 2.03 bits per heavy atom. The summed E-state index contributed by atoms with van der Waals surface area (Å²) in [5.74, 6) is 1.09. The molecule has 0 aromatic heterocycles. The molecule has 2 aliphatic rings. The van der Waals surface area contributed by atoms with E-state index in [1.54, 1.807) is 11.8 Å². The van der Waals surface area contributed by atoms with E-state index >= 15 is 0 Å². The average Bonchev–Trinajstić information content (AvgIpc) is 3.01. The fraction of sp³-hybridized carbons (Fsp3) is 0.667. The molecule has 1 aromatic carbocycles. The molecule has 0 spiro atoms. The third kappa shape index (κ3) is 6.24. The van der Waals surface area contributed by atoms with Crippen molar-refractivity contribution in [2.75, 3.05) is 31.9 Å². The molecule has 5 heteroatoms. The summed E-state index contributed by atoms with van der Waals surface area (Å²) in [7, 11) is 0. The van der Waals surface area contributed by atoms with Gasteiger partial charge in [-0.05, 0) is 48.8 Å². The number of carbonyl (C=O) groups excluding carboxylic acids is 2. The number of carbonyl (C=O) groups is 2. The lowest BCUT2D eigenvalue weighted by Gasteiger charge is -2.34. The monoisotopic (exact) mass is 416 g/mol. The zero-order valence-corrected chi connectivity index (χ0v) is 19.1. The van der Waals surface area contributed by atoms with Crippen LogP contribution in [0.1, 0.15) is 64.9 Å². The summed E-state index contributed by atoms with van der Waals surface area (Å²) in [4.78, 5) is 30.6. The molecular weight excluding hydrogens is 380 g/mol. The van der Waals surface area contributed by atoms with E-state index in [2.05, 4.69) is 49.9 Å². The Kier molecular flexibility index (Phi) is 7.66. The molecule has 0 radical (unpaired) electrons. The SMILES string of the molecule is CC(C)(C)c1ccc(SCC(=O)N2CCC(C(=O)N3CCCCCC3)CC2)cc1. The molecule has 2 aliphatic heterocycles. The Labute approximate surface area is 180 Å². The second kappa shape index (κ2) is 10.0. The largest absolute Gasteiger partial charge is 0.342 e. The molecule has 2 amide bonds. The first-order valence-corrected chi connectivity index (χ1v) is 12.1. The topological polar surface area (TPSA) is 40.6 Å². The van der Waals surface area contributed by atoms with E-state index in [0.717, 1.165) is 43.7 Å². The molecular formula is C24H36N2O2S. The molecule has 0 bridgehead atoms. The van der Waals surface area contributed by atoms with Crippen LogP contribution in [-0.2, 0) is 15.0 Å². The maximum absolute atomic E-state index is 12.8. The molecule has 4 nitrogen and oxygen atoms in total. The van der Waals surface area contributed by atoms with Gasteiger partial charge in [-0.2, -0.15) is 0 Å². The maximum atomic E-state index is 12.8. The molecule has 0 unspecified atom stereocenters. The van der Waals surface area contributed by atoms with Crippen molar-refractivity contribution in [2.24, 2.45) is 5.92 Å². The Balaban J connectivity index is 1.43. The van der Waals surface area contributed by atoms with Gasteiger partial charge in [0.25, 0.3) is 0 Å². The zero-order valence-electron chi connectivity index (χ0n) is 18.3. The van der Waals surface area contributed by atoms with E-state index in [4.69, 9.17) is 0 Å². The van der Waals surface area contributed by atoms with Crippen molar-refractivity contribution in [2.45, 2.75) is 69.6 Å². The summed E-state index contributed by atoms with van der Waals surface area (Å²) >= 11 is 1.61. The summed E-state index contributed by atoms with van der Waals surface area (Å²) in [6, 6.07) is 8.55. The number of piperidine rings is 1. The molecule has 0 aliphatic carbocycles. The van der Waals surface area contributed by atoms with Crippen LogP contribution in [0.4, 0.5) is 0 Å². The number of thioether (sulfide) groups is 1. The van der Waals surface area contributed by atoms with Crippen LogP contribution < -0.4 is 0 Å². The third-order valence-electron chi connectivity index (χ3n) is 6.20. The van der Waals surface area contributed by atoms with Crippen LogP contribution in [0.5, 0.6) is 0 Å². The standard InChI is InChI=1S/C24H36N2O2S/c1-24(2,3)20-8-10-21(11-9-20)29-18-22(27)25-16-12-19(13-17-25)23(28)26-14-6-4-5-7-15-26/h8-11,19H,4-7,12-18H2,1-3H3. The molecule has 2 fully saturated rings. The zero-order chi connectivity index (χ0) is 20.9. The first-order chi connectivity index (χ1) is 13.8. The van der Waals surface area contributed by atoms with Gasteiger partial charge in [-0.3, -0.25) is 9.59 Å². The van der Waals surface area contributed by atoms with Gasteiger partial charge in [0, 0.05) is 37.0 Å². The van der Waals surface area contributed by atoms with Crippen molar-refractivity contribution in [1.82, 2.24) is 9.80 Å². The summed E-state index contributed by atoms with van der Waals surface area (Å²) in [5, 5.41) is 0. The number of benzene rings is 1. The maximum Gasteiger partial charge on any atom is 0.232 e. The second-order valence-corrected chi connectivity index (χ2v) is 10.5. The lowest BCUT2D eigenvalue weighted by Crippen LogP contribution is -2.45. The fourth-order valence-corrected chi connectivity index (χ4v) is 5.01. The van der Waals surface area contributed by atoms with E-state index in [9.17, 15) is 9.59 Å². The molecule has 0 N–H and O–H groups in total. The number of rotatable bonds is 4. The summed E-state index contributed by atoms with van der Waals surface area (Å²) < 4.78 is 0. The van der Waals surface area contributed by atoms with Crippen molar-refractivity contribution in [3.63, 3.8) is 0 Å². The van der Waals surface area contributed by atoms with Gasteiger partial charge in [0.15, 0.2) is 0 Å². The van der Waals surface area contributed by atoms with E-state index in [0.29, 0.717) is 24.7 Å². The Morgan fingerprint density at radius 2 is 1.48 bits per heavy atom. The van der Waals surface area contributed by atoms with Gasteiger partial charge in [-0.25, -0.2) is 0 Å². The number of hydrogen-bond donors (Lipinski definition) is 0. The van der Waals surface area contributed by atoms with E-state index < -0.39 is 0 Å². The van der Waals surface area contributed by atoms with Crippen LogP contribution in [0.3, 0.4) is 0 Å². The fourth-order valence-electron chi connectivity index (χ4n) is 4.21. The molecule has 0 saturated carbocycles. The van der Waals surface area contributed by atoms with Crippen LogP contribution in [0, 0.1) is 5.92 Å². The smallest absolute Gasteiger partial charge is 0.232 e. The van der Waals surface area contributed by atoms with Gasteiger partial charge in [-0.1, -0.05) is 45.7 Å². The summed E-state index contributed by atoms with van der Waals surface area (Å²) in [5.41, 5.74) is 1.46. The Bertz CT molecular complexity index is 680. The highest BCUT2D eigenvalue weighted by Crippen LogP contribution is 2.27. The number of hydrogen-bond acceptors (Lipinski definition) is 3. The van der Waals surface area contributed by atoms with Gasteiger partial charge in [-0.15, -0.1) is 11.8 Å². The first kappa shape index (κ1) is 22.2. The predicted molar refractivity (Wildman–Crippen MR) is 120 cm³/mol. The molecule has 3 rings (SSSR count). The van der Waals surface area contributed by atoms with E-state index in [-0.39, 0.29) is 17.2 Å². The minimum atomic E-state index is 0.106. The first-order valence-electron chi connectivity index (χ1n) is 11.1. The van der Waals surface area contributed by atoms with Crippen molar-refractivity contribution in [3.05, 3.63) is 29.8 Å². The minimum absolute atomic E-state index is 0.106. The summed E-state index contributed by atoms with van der Waals surface area (Å²) in [6.07, 6.45) is 6.38. The average molecular weight is 417 g/mol. The highest BCUT2D eigenvalue weighted by molar-refractivity contribution is 8.00. The molecule has 29 heavy (non-hydrogen) atoms. The summed E-state index contributed by atoms with van der Waals surface area (Å²) in [6.45, 7) is 9.89. The van der Waals surface area contributed by atoms with Crippen molar-refractivity contribution < 1.29 is 9.59 Å². The minimum Gasteiger partial charge on any atom is -0.342 e. The second-order valence-electron chi connectivity index (χ2n) is 9.46. The van der Waals surface area contributed by atoms with E-state index in [1.807, 2.05) is 4.90 Å². The number of amides is 2. The molecule has 2 heterocycles. The number of nitrogens with zero attached hydrogens (tertiary/aromatic N) is 2. The Hall–Kier alpha value is -1.49. The van der Waals surface area contributed by atoms with E-state index in [1.165, 1.54) is 18.4 Å². The van der Waals surface area contributed by atoms with Crippen molar-refractivity contribution in [1.29, 1.82) is 0 Å². The van der Waals surface area contributed by atoms with Crippen LogP contribution in [0.2, 0.25) is 0 Å². The highest BCUT2D eigenvalue weighted by atomic mass is 32.2. The van der Waals surface area contributed by atoms with Crippen molar-refractivity contribution >= 4 is 23.6 Å². The lowest BCUT2D eigenvalue weighted by molar-refractivity contribution is -0.139. The molecule has 0 atom stereocenters. The molecule has 160 valence electrons. The van der Waals surface area contributed by atoms with Crippen molar-refractivity contribution in [3.8, 4) is 0 Å². The van der Waals surface area contributed by atoms with Gasteiger partial charge >= 0.3 is 0 Å². The predicted octanol–water partition coefficient (Wildman–Crippen LogP) is 4.72. The van der Waals surface area contributed by atoms with Gasteiger partial charge in [0.05, 0.1) is 5.75 Å². The van der Waals surface area contributed by atoms with Gasteiger partial charge < -0.3 is 9.80 Å². The quantitative estimate of drug-likeness (QED) is 0.667. The van der Waals surface area contributed by atoms with Gasteiger partial charge in [0.2, 0.25) is 11.8 Å². The van der Waals surface area contributed by atoms with Crippen LogP contribution in [-0.4, -0.2) is 53.5 Å². The highest BCUT2D eigenvalue weighted by Gasteiger charge is 2.30. The van der Waals surface area contributed by atoms with Crippen LogP contribution in [0.25, 0.3) is 0 Å². The van der Waals surface area contributed by atoms with Gasteiger partial charge in [0.1, 0.15) is 0 Å². The van der Waals surface area contributed by atoms with Crippen LogP contribution in [0.15, 0.2) is 29.2 Å².